The molecule has 1 atom stereocenters. The lowest BCUT2D eigenvalue weighted by Gasteiger charge is -2.29. The highest BCUT2D eigenvalue weighted by molar-refractivity contribution is 7.26. The van der Waals surface area contributed by atoms with E-state index in [1.807, 2.05) is 11.3 Å². The minimum atomic E-state index is -0.309. The summed E-state index contributed by atoms with van der Waals surface area (Å²) >= 11 is 1.92. The van der Waals surface area contributed by atoms with Crippen LogP contribution >= 0.6 is 11.3 Å². The van der Waals surface area contributed by atoms with Gasteiger partial charge in [-0.3, -0.25) is 0 Å². The van der Waals surface area contributed by atoms with Crippen molar-refractivity contribution in [2.45, 2.75) is 12.3 Å². The van der Waals surface area contributed by atoms with E-state index in [4.69, 9.17) is 0 Å². The van der Waals surface area contributed by atoms with Crippen molar-refractivity contribution in [2.24, 2.45) is 0 Å². The fourth-order valence-corrected chi connectivity index (χ4v) is 10.5. The number of nitrogens with zero attached hydrogens (tertiary/aromatic N) is 1. The first-order chi connectivity index (χ1) is 28.6. The number of fused-ring (bicyclic) bond motifs is 6. The minimum Gasteiger partial charge on any atom is -0.311 e. The van der Waals surface area contributed by atoms with Crippen molar-refractivity contribution in [2.75, 3.05) is 4.90 Å². The molecule has 9 aromatic carbocycles. The lowest BCUT2D eigenvalue weighted by molar-refractivity contribution is 0.722. The Hall–Kier alpha value is -7.00. The smallest absolute Gasteiger partial charge is 0.0462 e. The fraction of sp³-hybridized carbons (Fsp3) is 0.0357. The number of hydrogen-bond donors (Lipinski definition) is 0. The van der Waals surface area contributed by atoms with E-state index in [1.54, 1.807) is 0 Å². The first-order valence-electron chi connectivity index (χ1n) is 20.0. The van der Waals surface area contributed by atoms with Gasteiger partial charge < -0.3 is 4.90 Å². The molecule has 58 heavy (non-hydrogen) atoms. The lowest BCUT2D eigenvalue weighted by atomic mass is 9.73. The van der Waals surface area contributed by atoms with E-state index >= 15 is 0 Å². The van der Waals surface area contributed by atoms with Gasteiger partial charge in [-0.05, 0) is 117 Å². The molecule has 2 heteroatoms. The van der Waals surface area contributed by atoms with Crippen molar-refractivity contribution < 1.29 is 0 Å². The first kappa shape index (κ1) is 34.3. The zero-order valence-corrected chi connectivity index (χ0v) is 33.0. The van der Waals surface area contributed by atoms with E-state index in [1.165, 1.54) is 81.4 Å². The van der Waals surface area contributed by atoms with Crippen molar-refractivity contribution in [3.63, 3.8) is 0 Å². The second-order valence-electron chi connectivity index (χ2n) is 15.4. The van der Waals surface area contributed by atoms with Gasteiger partial charge in [0.1, 0.15) is 0 Å². The van der Waals surface area contributed by atoms with E-state index < -0.39 is 0 Å². The number of anilines is 3. The molecule has 0 aliphatic heterocycles. The van der Waals surface area contributed by atoms with Gasteiger partial charge in [-0.25, -0.2) is 0 Å². The van der Waals surface area contributed by atoms with Crippen molar-refractivity contribution in [1.29, 1.82) is 0 Å². The van der Waals surface area contributed by atoms with Crippen LogP contribution in [0, 0.1) is 0 Å². The third-order valence-electron chi connectivity index (χ3n) is 12.2. The quantitative estimate of drug-likeness (QED) is 0.156. The molecule has 0 saturated heterocycles. The van der Waals surface area contributed by atoms with Gasteiger partial charge in [0.2, 0.25) is 0 Å². The summed E-state index contributed by atoms with van der Waals surface area (Å²) in [6.07, 6.45) is 0. The molecule has 0 spiro atoms. The van der Waals surface area contributed by atoms with Crippen LogP contribution in [0.15, 0.2) is 218 Å². The van der Waals surface area contributed by atoms with Gasteiger partial charge in [0.25, 0.3) is 0 Å². The summed E-state index contributed by atoms with van der Waals surface area (Å²) in [6.45, 7) is 2.44. The summed E-state index contributed by atoms with van der Waals surface area (Å²) in [7, 11) is 0. The maximum absolute atomic E-state index is 2.46. The SMILES string of the molecule is CC1(c2cccc3c2sc2ccccc23)c2ccccc2-c2ccc(-c3ccc(N(c4ccc(-c5ccccc5)cc4)c4ccc(-c5ccccc5)cc4)cc3)cc21. The largest absolute Gasteiger partial charge is 0.311 e. The molecule has 10 aromatic rings. The summed E-state index contributed by atoms with van der Waals surface area (Å²) in [5, 5.41) is 2.67. The van der Waals surface area contributed by atoms with Gasteiger partial charge in [-0.1, -0.05) is 170 Å². The zero-order chi connectivity index (χ0) is 38.6. The van der Waals surface area contributed by atoms with Crippen LogP contribution < -0.4 is 4.90 Å². The Morgan fingerprint density at radius 2 is 0.793 bits per heavy atom. The Labute approximate surface area is 343 Å². The standard InChI is InChI=1S/C56H39NS/c1-56(52-21-12-19-50-49-18-9-11-22-54(49)58-55(50)52)51-20-10-8-17-47(51)48-36-29-43(37-53(48)56)42-27-34-46(35-28-42)57(44-30-23-40(24-31-44)38-13-4-2-5-14-38)45-32-25-41(26-33-45)39-15-6-3-7-16-39/h2-37H,1H3. The molecule has 0 fully saturated rings. The number of hydrogen-bond acceptors (Lipinski definition) is 2. The number of rotatable bonds is 7. The molecule has 11 rings (SSSR count). The minimum absolute atomic E-state index is 0.309. The van der Waals surface area contributed by atoms with Gasteiger partial charge in [-0.2, -0.15) is 0 Å². The van der Waals surface area contributed by atoms with E-state index in [0.717, 1.165) is 17.1 Å². The molecule has 1 nitrogen and oxygen atoms in total. The van der Waals surface area contributed by atoms with Crippen LogP contribution in [0.4, 0.5) is 17.1 Å². The van der Waals surface area contributed by atoms with Gasteiger partial charge in [0.15, 0.2) is 0 Å². The van der Waals surface area contributed by atoms with Crippen LogP contribution in [-0.2, 0) is 5.41 Å². The molecule has 0 radical (unpaired) electrons. The summed E-state index contributed by atoms with van der Waals surface area (Å²) in [5.41, 5.74) is 17.0. The van der Waals surface area contributed by atoms with E-state index in [-0.39, 0.29) is 5.41 Å². The highest BCUT2D eigenvalue weighted by Gasteiger charge is 2.42. The monoisotopic (exact) mass is 757 g/mol. The summed E-state index contributed by atoms with van der Waals surface area (Å²) in [5.74, 6) is 0. The molecule has 1 heterocycles. The summed E-state index contributed by atoms with van der Waals surface area (Å²) in [4.78, 5) is 2.36. The third kappa shape index (κ3) is 5.60. The highest BCUT2D eigenvalue weighted by Crippen LogP contribution is 2.55. The van der Waals surface area contributed by atoms with Crippen LogP contribution in [-0.4, -0.2) is 0 Å². The van der Waals surface area contributed by atoms with Crippen molar-refractivity contribution >= 4 is 48.6 Å². The maximum Gasteiger partial charge on any atom is 0.0462 e. The average molecular weight is 758 g/mol. The van der Waals surface area contributed by atoms with Crippen molar-refractivity contribution in [1.82, 2.24) is 0 Å². The van der Waals surface area contributed by atoms with E-state index in [0.29, 0.717) is 0 Å². The Morgan fingerprint density at radius 3 is 1.41 bits per heavy atom. The Kier molecular flexibility index (Phi) is 8.20. The topological polar surface area (TPSA) is 3.24 Å². The molecule has 1 unspecified atom stereocenters. The molecule has 274 valence electrons. The number of thiophene rings is 1. The molecular weight excluding hydrogens is 719 g/mol. The molecule has 1 aromatic heterocycles. The van der Waals surface area contributed by atoms with Crippen molar-refractivity contribution in [3.8, 4) is 44.5 Å². The predicted octanol–water partition coefficient (Wildman–Crippen LogP) is 15.9. The van der Waals surface area contributed by atoms with E-state index in [9.17, 15) is 0 Å². The van der Waals surface area contributed by atoms with Gasteiger partial charge in [0.05, 0.1) is 0 Å². The maximum atomic E-state index is 2.46. The van der Waals surface area contributed by atoms with Crippen LogP contribution in [0.25, 0.3) is 64.7 Å². The van der Waals surface area contributed by atoms with Gasteiger partial charge >= 0.3 is 0 Å². The van der Waals surface area contributed by atoms with Crippen LogP contribution in [0.2, 0.25) is 0 Å². The molecule has 1 aliphatic rings. The average Bonchev–Trinajstić information content (AvgIpc) is 3.81. The molecule has 0 amide bonds. The lowest BCUT2D eigenvalue weighted by Crippen LogP contribution is -2.22. The second-order valence-corrected chi connectivity index (χ2v) is 16.5. The normalized spacial score (nSPS) is 14.4. The Morgan fingerprint density at radius 1 is 0.345 bits per heavy atom. The van der Waals surface area contributed by atoms with Gasteiger partial charge in [0, 0.05) is 42.6 Å². The van der Waals surface area contributed by atoms with E-state index in [2.05, 4.69) is 230 Å². The molecule has 0 bridgehead atoms. The fourth-order valence-electron chi connectivity index (χ4n) is 9.22. The van der Waals surface area contributed by atoms with Crippen LogP contribution in [0.3, 0.4) is 0 Å². The van der Waals surface area contributed by atoms with Gasteiger partial charge in [-0.15, -0.1) is 11.3 Å². The van der Waals surface area contributed by atoms with Crippen LogP contribution in [0.1, 0.15) is 23.6 Å². The first-order valence-corrected chi connectivity index (χ1v) is 20.8. The summed E-state index contributed by atoms with van der Waals surface area (Å²) in [6, 6.07) is 80.0. The molecule has 0 saturated carbocycles. The Bertz CT molecular complexity index is 3010. The van der Waals surface area contributed by atoms with Crippen LogP contribution in [0.5, 0.6) is 0 Å². The molecular formula is C56H39NS. The van der Waals surface area contributed by atoms with Crippen molar-refractivity contribution in [3.05, 3.63) is 235 Å². The molecule has 0 N–H and O–H groups in total. The number of benzene rings is 9. The zero-order valence-electron chi connectivity index (χ0n) is 32.1. The second kappa shape index (κ2) is 13.9. The predicted molar refractivity (Wildman–Crippen MR) is 248 cm³/mol. The summed E-state index contributed by atoms with van der Waals surface area (Å²) < 4.78 is 2.71. The molecule has 1 aliphatic carbocycles. The highest BCUT2D eigenvalue weighted by atomic mass is 32.1. The third-order valence-corrected chi connectivity index (χ3v) is 13.4. The Balaban J connectivity index is 0.995.